The van der Waals surface area contributed by atoms with Gasteiger partial charge >= 0.3 is 5.97 Å². The molecule has 0 aliphatic carbocycles. The van der Waals surface area contributed by atoms with Gasteiger partial charge in [0.25, 0.3) is 0 Å². The van der Waals surface area contributed by atoms with Crippen molar-refractivity contribution in [3.05, 3.63) is 85.5 Å². The lowest BCUT2D eigenvalue weighted by atomic mass is 10.3. The average molecular weight is 439 g/mol. The van der Waals surface area contributed by atoms with Crippen LogP contribution in [0.3, 0.4) is 0 Å². The van der Waals surface area contributed by atoms with E-state index in [1.54, 1.807) is 30.6 Å². The summed E-state index contributed by atoms with van der Waals surface area (Å²) in [7, 11) is 1.67. The van der Waals surface area contributed by atoms with Gasteiger partial charge in [-0.2, -0.15) is 0 Å². The van der Waals surface area contributed by atoms with Gasteiger partial charge in [0.05, 0.1) is 7.11 Å². The lowest BCUT2D eigenvalue weighted by Crippen LogP contribution is -2.10. The summed E-state index contributed by atoms with van der Waals surface area (Å²) in [6.07, 6.45) is 1.14. The van der Waals surface area contributed by atoms with E-state index in [0.29, 0.717) is 6.61 Å². The lowest BCUT2D eigenvalue weighted by molar-refractivity contribution is -0.138. The van der Waals surface area contributed by atoms with Gasteiger partial charge in [-0.15, -0.1) is 0 Å². The van der Waals surface area contributed by atoms with Gasteiger partial charge in [0.2, 0.25) is 0 Å². The Morgan fingerprint density at radius 2 is 1.20 bits per heavy atom. The summed E-state index contributed by atoms with van der Waals surface area (Å²) in [5, 5.41) is 0. The predicted molar refractivity (Wildman–Crippen MR) is 121 cm³/mol. The summed E-state index contributed by atoms with van der Waals surface area (Å²) in [5.41, 5.74) is 0. The van der Waals surface area contributed by atoms with E-state index >= 15 is 0 Å². The molecule has 30 heavy (non-hydrogen) atoms. The molecule has 0 radical (unpaired) electrons. The largest absolute Gasteiger partial charge is 0.497 e. The minimum absolute atomic E-state index is 0.197. The van der Waals surface area contributed by atoms with Gasteiger partial charge in [-0.05, 0) is 72.8 Å². The molecular formula is C24H22O4S2. The van der Waals surface area contributed by atoms with Crippen LogP contribution in [0, 0.1) is 0 Å². The van der Waals surface area contributed by atoms with Crippen molar-refractivity contribution in [1.82, 2.24) is 0 Å². The number of carbonyl (C=O) groups is 1. The number of rotatable bonds is 10. The number of ether oxygens (including phenoxy) is 3. The maximum absolute atomic E-state index is 11.0. The number of carbonyl (C=O) groups excluding carboxylic acids is 1. The zero-order chi connectivity index (χ0) is 21.2. The summed E-state index contributed by atoms with van der Waals surface area (Å²) < 4.78 is 15.6. The normalized spacial score (nSPS) is 10.3. The predicted octanol–water partition coefficient (Wildman–Crippen LogP) is 6.11. The summed E-state index contributed by atoms with van der Waals surface area (Å²) in [4.78, 5) is 15.6. The monoisotopic (exact) mass is 438 g/mol. The summed E-state index contributed by atoms with van der Waals surface area (Å²) in [6, 6.07) is 24.4. The fourth-order valence-electron chi connectivity index (χ4n) is 2.46. The smallest absolute Gasteiger partial charge is 0.330 e. The molecule has 0 saturated heterocycles. The third-order valence-electron chi connectivity index (χ3n) is 3.94. The highest BCUT2D eigenvalue weighted by Gasteiger charge is 2.02. The summed E-state index contributed by atoms with van der Waals surface area (Å²) in [5.74, 6) is 1.15. The van der Waals surface area contributed by atoms with Crippen LogP contribution in [-0.2, 0) is 9.53 Å². The Hall–Kier alpha value is -2.83. The second-order valence-corrected chi connectivity index (χ2v) is 8.34. The second-order valence-electron chi connectivity index (χ2n) is 6.04. The molecule has 3 rings (SSSR count). The van der Waals surface area contributed by atoms with Crippen molar-refractivity contribution in [3.63, 3.8) is 0 Å². The third kappa shape index (κ3) is 6.90. The minimum Gasteiger partial charge on any atom is -0.497 e. The van der Waals surface area contributed by atoms with Crippen molar-refractivity contribution < 1.29 is 19.0 Å². The summed E-state index contributed by atoms with van der Waals surface area (Å²) >= 11 is 3.41. The van der Waals surface area contributed by atoms with Crippen molar-refractivity contribution in [1.29, 1.82) is 0 Å². The molecule has 0 amide bonds. The first-order chi connectivity index (χ1) is 14.7. The number of benzene rings is 3. The van der Waals surface area contributed by atoms with Crippen molar-refractivity contribution in [2.75, 3.05) is 20.3 Å². The molecule has 0 aliphatic rings. The van der Waals surface area contributed by atoms with Gasteiger partial charge in [0.15, 0.2) is 0 Å². The van der Waals surface area contributed by atoms with E-state index in [1.807, 2.05) is 36.4 Å². The third-order valence-corrected chi connectivity index (χ3v) is 5.97. The number of hydrogen-bond acceptors (Lipinski definition) is 6. The zero-order valence-electron chi connectivity index (χ0n) is 16.6. The molecule has 6 heteroatoms. The van der Waals surface area contributed by atoms with E-state index in [4.69, 9.17) is 14.2 Å². The fraction of sp³-hybridized carbons (Fsp3) is 0.125. The van der Waals surface area contributed by atoms with Gasteiger partial charge in [0.1, 0.15) is 24.7 Å². The SMILES string of the molecule is C=CC(=O)OCCOc1ccc(Sc2ccc(Sc3ccc(OC)cc3)cc2)cc1. The van der Waals surface area contributed by atoms with E-state index < -0.39 is 5.97 Å². The molecule has 0 atom stereocenters. The van der Waals surface area contributed by atoms with Crippen LogP contribution in [0.15, 0.2) is 105 Å². The maximum Gasteiger partial charge on any atom is 0.330 e. The molecule has 0 heterocycles. The van der Waals surface area contributed by atoms with Gasteiger partial charge < -0.3 is 14.2 Å². The highest BCUT2D eigenvalue weighted by atomic mass is 32.2. The van der Waals surface area contributed by atoms with Crippen LogP contribution < -0.4 is 9.47 Å². The molecule has 3 aromatic rings. The van der Waals surface area contributed by atoms with Crippen molar-refractivity contribution in [3.8, 4) is 11.5 Å². The van der Waals surface area contributed by atoms with E-state index in [1.165, 1.54) is 14.7 Å². The Labute approximate surface area is 185 Å². The first-order valence-electron chi connectivity index (χ1n) is 9.28. The topological polar surface area (TPSA) is 44.8 Å². The van der Waals surface area contributed by atoms with Gasteiger partial charge in [0, 0.05) is 25.7 Å². The van der Waals surface area contributed by atoms with E-state index in [2.05, 4.69) is 43.0 Å². The quantitative estimate of drug-likeness (QED) is 0.216. The van der Waals surface area contributed by atoms with Crippen LogP contribution in [0.25, 0.3) is 0 Å². The number of methoxy groups -OCH3 is 1. The van der Waals surface area contributed by atoms with Gasteiger partial charge in [-0.1, -0.05) is 30.1 Å². The highest BCUT2D eigenvalue weighted by Crippen LogP contribution is 2.33. The van der Waals surface area contributed by atoms with E-state index in [0.717, 1.165) is 22.5 Å². The lowest BCUT2D eigenvalue weighted by Gasteiger charge is -2.08. The molecular weight excluding hydrogens is 416 g/mol. The van der Waals surface area contributed by atoms with Crippen LogP contribution in [0.2, 0.25) is 0 Å². The Bertz CT molecular complexity index is 952. The van der Waals surface area contributed by atoms with Gasteiger partial charge in [-0.3, -0.25) is 0 Å². The summed E-state index contributed by atoms with van der Waals surface area (Å²) in [6.45, 7) is 3.85. The first-order valence-corrected chi connectivity index (χ1v) is 10.9. The molecule has 0 fully saturated rings. The molecule has 4 nitrogen and oxygen atoms in total. The van der Waals surface area contributed by atoms with Crippen LogP contribution in [0.5, 0.6) is 11.5 Å². The minimum atomic E-state index is -0.446. The standard InChI is InChI=1S/C24H22O4S2/c1-3-24(25)28-17-16-27-19-6-10-21(11-7-19)30-23-14-12-22(13-15-23)29-20-8-4-18(26-2)5-9-20/h3-15H,1,16-17H2,2H3. The first kappa shape index (κ1) is 21.9. The van der Waals surface area contributed by atoms with Crippen molar-refractivity contribution in [2.45, 2.75) is 19.6 Å². The zero-order valence-corrected chi connectivity index (χ0v) is 18.2. The Morgan fingerprint density at radius 3 is 1.63 bits per heavy atom. The Kier molecular flexibility index (Phi) is 8.30. The van der Waals surface area contributed by atoms with Crippen LogP contribution in [-0.4, -0.2) is 26.3 Å². The maximum atomic E-state index is 11.0. The molecule has 0 aromatic heterocycles. The van der Waals surface area contributed by atoms with E-state index in [9.17, 15) is 4.79 Å². The number of esters is 1. The van der Waals surface area contributed by atoms with Crippen LogP contribution >= 0.6 is 23.5 Å². The fourth-order valence-corrected chi connectivity index (χ4v) is 4.09. The molecule has 0 bridgehead atoms. The Morgan fingerprint density at radius 1 is 0.767 bits per heavy atom. The second kappa shape index (κ2) is 11.4. The van der Waals surface area contributed by atoms with Crippen LogP contribution in [0.1, 0.15) is 0 Å². The molecule has 0 N–H and O–H groups in total. The number of hydrogen-bond donors (Lipinski definition) is 0. The molecule has 0 spiro atoms. The Balaban J connectivity index is 1.48. The van der Waals surface area contributed by atoms with Crippen LogP contribution in [0.4, 0.5) is 0 Å². The molecule has 3 aromatic carbocycles. The van der Waals surface area contributed by atoms with Crippen molar-refractivity contribution in [2.24, 2.45) is 0 Å². The average Bonchev–Trinajstić information content (AvgIpc) is 2.79. The molecule has 0 unspecified atom stereocenters. The van der Waals surface area contributed by atoms with Gasteiger partial charge in [-0.25, -0.2) is 4.79 Å². The molecule has 0 saturated carbocycles. The van der Waals surface area contributed by atoms with Crippen molar-refractivity contribution >= 4 is 29.5 Å². The molecule has 0 aliphatic heterocycles. The highest BCUT2D eigenvalue weighted by molar-refractivity contribution is 7.99. The van der Waals surface area contributed by atoms with E-state index in [-0.39, 0.29) is 6.61 Å². The molecule has 154 valence electrons.